The maximum atomic E-state index is 11.4. The molecule has 7 heteroatoms. The number of aryl methyl sites for hydroxylation is 1. The first-order valence-corrected chi connectivity index (χ1v) is 4.84. The van der Waals surface area contributed by atoms with Crippen LogP contribution in [0.1, 0.15) is 25.6 Å². The predicted molar refractivity (Wildman–Crippen MR) is 55.0 cm³/mol. The lowest BCUT2D eigenvalue weighted by molar-refractivity contribution is -0.389. The topological polar surface area (TPSA) is 87.3 Å². The molecule has 0 fully saturated rings. The van der Waals surface area contributed by atoms with Crippen molar-refractivity contribution in [3.63, 3.8) is 0 Å². The highest BCUT2D eigenvalue weighted by atomic mass is 16.6. The molecule has 0 unspecified atom stereocenters. The Hall–Kier alpha value is -1.92. The molecule has 0 N–H and O–H groups in total. The molecule has 0 radical (unpaired) electrons. The smallest absolute Gasteiger partial charge is 0.390 e. The highest BCUT2D eigenvalue weighted by Crippen LogP contribution is 2.16. The molecular formula is C9H13N3O4. The third-order valence-corrected chi connectivity index (χ3v) is 2.09. The first kappa shape index (κ1) is 12.2. The third-order valence-electron chi connectivity index (χ3n) is 2.09. The third kappa shape index (κ3) is 2.36. The van der Waals surface area contributed by atoms with E-state index in [1.54, 1.807) is 20.8 Å². The Labute approximate surface area is 92.2 Å². The molecule has 7 nitrogen and oxygen atoms in total. The van der Waals surface area contributed by atoms with E-state index in [1.165, 1.54) is 10.7 Å². The number of hydrogen-bond acceptors (Lipinski definition) is 5. The van der Waals surface area contributed by atoms with Crippen molar-refractivity contribution in [2.45, 2.75) is 26.8 Å². The number of aromatic nitrogens is 2. The minimum atomic E-state index is -0.659. The van der Waals surface area contributed by atoms with E-state index in [-0.39, 0.29) is 12.4 Å². The van der Waals surface area contributed by atoms with Crippen molar-refractivity contribution in [3.05, 3.63) is 21.9 Å². The van der Waals surface area contributed by atoms with Gasteiger partial charge < -0.3 is 14.9 Å². The number of nitrogens with zero attached hydrogens (tertiary/aromatic N) is 3. The summed E-state index contributed by atoms with van der Waals surface area (Å²) in [6.07, 6.45) is 0. The number of nitro groups is 1. The molecule has 0 saturated carbocycles. The summed E-state index contributed by atoms with van der Waals surface area (Å²) in [6.45, 7) is 5.20. The Balaban J connectivity index is 2.95. The normalized spacial score (nSPS) is 12.2. The minimum absolute atomic E-state index is 0.269. The second-order valence-electron chi connectivity index (χ2n) is 3.27. The number of rotatable bonds is 4. The quantitative estimate of drug-likeness (QED) is 0.438. The number of carbonyl (C=O) groups excluding carboxylic acids is 1. The molecule has 0 aliphatic heterocycles. The van der Waals surface area contributed by atoms with Crippen LogP contribution >= 0.6 is 0 Å². The Bertz CT molecular complexity index is 413. The van der Waals surface area contributed by atoms with Crippen molar-refractivity contribution < 1.29 is 14.5 Å². The van der Waals surface area contributed by atoms with Gasteiger partial charge in [-0.25, -0.2) is 4.79 Å². The summed E-state index contributed by atoms with van der Waals surface area (Å²) in [6, 6.07) is 0.657. The first-order valence-electron chi connectivity index (χ1n) is 4.84. The van der Waals surface area contributed by atoms with Gasteiger partial charge in [0.15, 0.2) is 6.04 Å². The fourth-order valence-corrected chi connectivity index (χ4v) is 1.32. The van der Waals surface area contributed by atoms with Gasteiger partial charge in [0.1, 0.15) is 0 Å². The molecule has 0 aliphatic carbocycles. The van der Waals surface area contributed by atoms with Gasteiger partial charge in [0, 0.05) is 0 Å². The summed E-state index contributed by atoms with van der Waals surface area (Å²) in [5, 5.41) is 14.2. The molecule has 88 valence electrons. The van der Waals surface area contributed by atoms with Crippen molar-refractivity contribution in [1.29, 1.82) is 0 Å². The summed E-state index contributed by atoms with van der Waals surface area (Å²) < 4.78 is 6.10. The molecule has 0 bridgehead atoms. The van der Waals surface area contributed by atoms with Crippen LogP contribution in [0.2, 0.25) is 0 Å². The van der Waals surface area contributed by atoms with Gasteiger partial charge in [-0.15, -0.1) is 0 Å². The molecule has 1 heterocycles. The average molecular weight is 227 g/mol. The molecule has 0 saturated heterocycles. The van der Waals surface area contributed by atoms with Gasteiger partial charge >= 0.3 is 11.8 Å². The molecule has 1 rings (SSSR count). The van der Waals surface area contributed by atoms with E-state index in [9.17, 15) is 14.9 Å². The second-order valence-corrected chi connectivity index (χ2v) is 3.27. The van der Waals surface area contributed by atoms with Gasteiger partial charge in [-0.1, -0.05) is 0 Å². The number of esters is 1. The molecule has 1 aromatic rings. The molecule has 0 aromatic carbocycles. The van der Waals surface area contributed by atoms with Gasteiger partial charge in [-0.2, -0.15) is 4.68 Å². The van der Waals surface area contributed by atoms with E-state index in [0.29, 0.717) is 5.69 Å². The predicted octanol–water partition coefficient (Wildman–Crippen LogP) is 1.22. The molecule has 1 aromatic heterocycles. The Morgan fingerprint density at radius 3 is 2.81 bits per heavy atom. The van der Waals surface area contributed by atoms with Crippen LogP contribution in [-0.2, 0) is 9.53 Å². The van der Waals surface area contributed by atoms with Crippen LogP contribution < -0.4 is 0 Å². The largest absolute Gasteiger partial charge is 0.464 e. The molecule has 0 aliphatic rings. The van der Waals surface area contributed by atoms with Crippen LogP contribution in [0.3, 0.4) is 0 Å². The molecule has 0 amide bonds. The summed E-state index contributed by atoms with van der Waals surface area (Å²) in [5.74, 6) is -0.725. The van der Waals surface area contributed by atoms with E-state index in [2.05, 4.69) is 5.10 Å². The molecule has 1 atom stereocenters. The molecular weight excluding hydrogens is 214 g/mol. The van der Waals surface area contributed by atoms with E-state index in [1.807, 2.05) is 0 Å². The van der Waals surface area contributed by atoms with Crippen LogP contribution in [0, 0.1) is 17.0 Å². The Kier molecular flexibility index (Phi) is 3.60. The zero-order valence-corrected chi connectivity index (χ0v) is 9.34. The van der Waals surface area contributed by atoms with Crippen LogP contribution in [-0.4, -0.2) is 27.3 Å². The highest BCUT2D eigenvalue weighted by Gasteiger charge is 2.25. The van der Waals surface area contributed by atoms with Crippen molar-refractivity contribution in [2.24, 2.45) is 0 Å². The summed E-state index contributed by atoms with van der Waals surface area (Å²) >= 11 is 0. The molecule has 16 heavy (non-hydrogen) atoms. The lowest BCUT2D eigenvalue weighted by Gasteiger charge is -2.08. The first-order chi connectivity index (χ1) is 7.47. The van der Waals surface area contributed by atoms with Crippen LogP contribution in [0.5, 0.6) is 0 Å². The van der Waals surface area contributed by atoms with Crippen molar-refractivity contribution >= 4 is 11.8 Å². The minimum Gasteiger partial charge on any atom is -0.464 e. The molecule has 0 spiro atoms. The van der Waals surface area contributed by atoms with Gasteiger partial charge in [0.25, 0.3) is 0 Å². The van der Waals surface area contributed by atoms with Gasteiger partial charge in [0.05, 0.1) is 23.5 Å². The SMILES string of the molecule is CCOC(=O)[C@H](C)n1nc([N+](=O)[O-])cc1C. The summed E-state index contributed by atoms with van der Waals surface area (Å²) in [4.78, 5) is 21.3. The number of hydrogen-bond donors (Lipinski definition) is 0. The number of carbonyl (C=O) groups is 1. The van der Waals surface area contributed by atoms with Crippen molar-refractivity contribution in [2.75, 3.05) is 6.61 Å². The van der Waals surface area contributed by atoms with E-state index in [0.717, 1.165) is 0 Å². The van der Waals surface area contributed by atoms with Crippen molar-refractivity contribution in [3.8, 4) is 0 Å². The van der Waals surface area contributed by atoms with Crippen molar-refractivity contribution in [1.82, 2.24) is 9.78 Å². The van der Waals surface area contributed by atoms with E-state index >= 15 is 0 Å². The van der Waals surface area contributed by atoms with Gasteiger partial charge in [0.2, 0.25) is 0 Å². The van der Waals surface area contributed by atoms with Crippen LogP contribution in [0.4, 0.5) is 5.82 Å². The van der Waals surface area contributed by atoms with Crippen LogP contribution in [0.15, 0.2) is 6.07 Å². The zero-order valence-electron chi connectivity index (χ0n) is 9.34. The number of ether oxygens (including phenoxy) is 1. The summed E-state index contributed by atoms with van der Waals surface area (Å²) in [7, 11) is 0. The maximum absolute atomic E-state index is 11.4. The van der Waals surface area contributed by atoms with Gasteiger partial charge in [-0.3, -0.25) is 0 Å². The van der Waals surface area contributed by atoms with Crippen LogP contribution in [0.25, 0.3) is 0 Å². The Morgan fingerprint density at radius 2 is 2.38 bits per heavy atom. The summed E-state index contributed by atoms with van der Waals surface area (Å²) in [5.41, 5.74) is 0.548. The standard InChI is InChI=1S/C9H13N3O4/c1-4-16-9(13)7(3)11-6(2)5-8(10-11)12(14)15/h5,7H,4H2,1-3H3/t7-/m0/s1. The maximum Gasteiger partial charge on any atom is 0.390 e. The lowest BCUT2D eigenvalue weighted by Crippen LogP contribution is -2.21. The zero-order chi connectivity index (χ0) is 12.3. The second kappa shape index (κ2) is 4.73. The van der Waals surface area contributed by atoms with Gasteiger partial charge in [-0.05, 0) is 25.7 Å². The monoisotopic (exact) mass is 227 g/mol. The highest BCUT2D eigenvalue weighted by molar-refractivity contribution is 5.73. The van der Waals surface area contributed by atoms with E-state index < -0.39 is 16.9 Å². The van der Waals surface area contributed by atoms with E-state index in [4.69, 9.17) is 4.74 Å². The fourth-order valence-electron chi connectivity index (χ4n) is 1.32. The fraction of sp³-hybridized carbons (Fsp3) is 0.556. The lowest BCUT2D eigenvalue weighted by atomic mass is 10.3. The Morgan fingerprint density at radius 1 is 1.75 bits per heavy atom. The average Bonchev–Trinajstić information content (AvgIpc) is 2.60.